The quantitative estimate of drug-likeness (QED) is 0.0222. The number of aliphatic hydroxyl groups excluding tert-OH is 1. The van der Waals surface area contributed by atoms with E-state index in [4.69, 9.17) is 37.0 Å². The molecule has 3 N–H and O–H groups in total. The minimum Gasteiger partial charge on any atom is -0.462 e. The van der Waals surface area contributed by atoms with Crippen LogP contribution in [-0.2, 0) is 65.4 Å². The summed E-state index contributed by atoms with van der Waals surface area (Å²) >= 11 is 0. The Morgan fingerprint density at radius 2 is 0.400 bits per heavy atom. The van der Waals surface area contributed by atoms with Crippen LogP contribution in [-0.4, -0.2) is 96.7 Å². The minimum atomic E-state index is -4.96. The molecule has 0 aliphatic carbocycles. The summed E-state index contributed by atoms with van der Waals surface area (Å²) in [5.41, 5.74) is 0. The van der Waals surface area contributed by atoms with E-state index in [1.807, 2.05) is 0 Å². The van der Waals surface area contributed by atoms with Crippen molar-refractivity contribution in [3.8, 4) is 0 Å². The molecule has 100 heavy (non-hydrogen) atoms. The molecule has 0 spiro atoms. The molecule has 2 unspecified atom stereocenters. The molecule has 0 saturated heterocycles. The smallest absolute Gasteiger partial charge is 0.462 e. The molecule has 0 amide bonds. The van der Waals surface area contributed by atoms with E-state index in [2.05, 4.69) is 27.7 Å². The Labute approximate surface area is 613 Å². The fourth-order valence-electron chi connectivity index (χ4n) is 12.6. The van der Waals surface area contributed by atoms with Gasteiger partial charge in [-0.3, -0.25) is 37.3 Å². The van der Waals surface area contributed by atoms with Crippen molar-refractivity contribution in [3.63, 3.8) is 0 Å². The second-order valence-corrected chi connectivity index (χ2v) is 32.1. The third-order valence-electron chi connectivity index (χ3n) is 19.1. The van der Waals surface area contributed by atoms with Crippen molar-refractivity contribution in [3.05, 3.63) is 0 Å². The maximum atomic E-state index is 13.1. The summed E-state index contributed by atoms with van der Waals surface area (Å²) in [5, 5.41) is 10.6. The standard InChI is InChI=1S/C81H158O17P2/c1-5-9-13-17-20-23-26-29-31-33-35-37-38-40-42-44-47-50-53-56-60-64-68-81(86)98-77(72-92-79(84)66-62-58-54-51-48-46-43-41-39-36-34-32-30-27-24-21-18-14-10-6-2)74-96-100(89,90)94-70-75(82)69-93-99(87,88)95-73-76(71-91-78(83)65-61-57-16-12-8-4)97-80(85)67-63-59-55-52-49-45-28-25-22-19-15-11-7-3/h75-77,82H,5-74H2,1-4H3,(H,87,88)(H,89,90)/t75-,76+,77+/m0/s1. The van der Waals surface area contributed by atoms with Crippen LogP contribution in [0.4, 0.5) is 0 Å². The second-order valence-electron chi connectivity index (χ2n) is 29.2. The van der Waals surface area contributed by atoms with Gasteiger partial charge in [0.2, 0.25) is 0 Å². The normalized spacial score (nSPS) is 13.8. The van der Waals surface area contributed by atoms with Gasteiger partial charge in [0.15, 0.2) is 12.2 Å². The molecule has 0 aromatic carbocycles. The molecule has 0 heterocycles. The molecule has 17 nitrogen and oxygen atoms in total. The molecule has 19 heteroatoms. The minimum absolute atomic E-state index is 0.107. The Morgan fingerprint density at radius 3 is 0.590 bits per heavy atom. The van der Waals surface area contributed by atoms with Crippen molar-refractivity contribution >= 4 is 39.5 Å². The SMILES string of the molecule is CCCCCCCCCCCCCCCCCCCCCCCCC(=O)O[C@H](COC(=O)CCCCCCCCCCCCCCCCCCCCCC)COP(=O)(O)OC[C@@H](O)COP(=O)(O)OC[C@@H](COC(=O)CCCCCCC)OC(=O)CCCCCCCCCCCCCCC. The van der Waals surface area contributed by atoms with Crippen LogP contribution in [0, 0.1) is 0 Å². The van der Waals surface area contributed by atoms with Crippen LogP contribution in [0.5, 0.6) is 0 Å². The summed E-state index contributed by atoms with van der Waals surface area (Å²) in [6.45, 7) is 4.93. The summed E-state index contributed by atoms with van der Waals surface area (Å²) in [4.78, 5) is 72.7. The number of phosphoric acid groups is 2. The van der Waals surface area contributed by atoms with Crippen LogP contribution in [0.25, 0.3) is 0 Å². The molecule has 0 aromatic heterocycles. The van der Waals surface area contributed by atoms with Crippen molar-refractivity contribution in [1.82, 2.24) is 0 Å². The summed E-state index contributed by atoms with van der Waals surface area (Å²) in [6, 6.07) is 0. The van der Waals surface area contributed by atoms with Gasteiger partial charge in [0.25, 0.3) is 0 Å². The predicted octanol–water partition coefficient (Wildman–Crippen LogP) is 24.6. The summed E-state index contributed by atoms with van der Waals surface area (Å²) < 4.78 is 68.4. The van der Waals surface area contributed by atoms with Crippen LogP contribution in [0.3, 0.4) is 0 Å². The van der Waals surface area contributed by atoms with Gasteiger partial charge in [0.1, 0.15) is 19.3 Å². The highest BCUT2D eigenvalue weighted by atomic mass is 31.2. The van der Waals surface area contributed by atoms with Crippen LogP contribution in [0.2, 0.25) is 0 Å². The Bertz CT molecular complexity index is 1890. The molecular weight excluding hydrogens is 1310 g/mol. The van der Waals surface area contributed by atoms with Crippen LogP contribution >= 0.6 is 15.6 Å². The molecule has 0 aromatic rings. The van der Waals surface area contributed by atoms with Gasteiger partial charge in [0, 0.05) is 25.7 Å². The van der Waals surface area contributed by atoms with Gasteiger partial charge >= 0.3 is 39.5 Å². The first-order valence-electron chi connectivity index (χ1n) is 42.3. The molecule has 0 aliphatic rings. The molecule has 0 aliphatic heterocycles. The van der Waals surface area contributed by atoms with Gasteiger partial charge in [-0.25, -0.2) is 9.13 Å². The van der Waals surface area contributed by atoms with E-state index in [1.54, 1.807) is 0 Å². The molecular formula is C81H158O17P2. The highest BCUT2D eigenvalue weighted by molar-refractivity contribution is 7.47. The lowest BCUT2D eigenvalue weighted by molar-refractivity contribution is -0.161. The third-order valence-corrected chi connectivity index (χ3v) is 21.0. The first-order chi connectivity index (χ1) is 48.7. The average Bonchev–Trinajstić information content (AvgIpc) is 0.927. The van der Waals surface area contributed by atoms with Crippen molar-refractivity contribution in [2.24, 2.45) is 0 Å². The van der Waals surface area contributed by atoms with Crippen LogP contribution in [0.1, 0.15) is 439 Å². The highest BCUT2D eigenvalue weighted by Crippen LogP contribution is 2.45. The molecule has 594 valence electrons. The van der Waals surface area contributed by atoms with E-state index in [-0.39, 0.29) is 25.7 Å². The zero-order valence-electron chi connectivity index (χ0n) is 65.2. The number of hydrogen-bond donors (Lipinski definition) is 3. The van der Waals surface area contributed by atoms with Gasteiger partial charge in [-0.05, 0) is 25.7 Å². The van der Waals surface area contributed by atoms with Gasteiger partial charge < -0.3 is 33.8 Å². The lowest BCUT2D eigenvalue weighted by atomic mass is 10.0. The number of carbonyl (C=O) groups excluding carboxylic acids is 4. The first-order valence-corrected chi connectivity index (χ1v) is 45.3. The van der Waals surface area contributed by atoms with Crippen LogP contribution in [0.15, 0.2) is 0 Å². The lowest BCUT2D eigenvalue weighted by Gasteiger charge is -2.21. The zero-order chi connectivity index (χ0) is 73.2. The van der Waals surface area contributed by atoms with Gasteiger partial charge in [-0.2, -0.15) is 0 Å². The van der Waals surface area contributed by atoms with Gasteiger partial charge in [-0.15, -0.1) is 0 Å². The van der Waals surface area contributed by atoms with Crippen LogP contribution < -0.4 is 0 Å². The highest BCUT2D eigenvalue weighted by Gasteiger charge is 2.30. The number of phosphoric ester groups is 2. The average molecular weight is 1470 g/mol. The third kappa shape index (κ3) is 74.3. The van der Waals surface area contributed by atoms with Crippen molar-refractivity contribution < 1.29 is 80.2 Å². The summed E-state index contributed by atoms with van der Waals surface area (Å²) in [6.07, 6.45) is 68.7. The van der Waals surface area contributed by atoms with E-state index in [9.17, 15) is 43.2 Å². The van der Waals surface area contributed by atoms with Crippen molar-refractivity contribution in [1.29, 1.82) is 0 Å². The predicted molar refractivity (Wildman–Crippen MR) is 409 cm³/mol. The topological polar surface area (TPSA) is 237 Å². The fourth-order valence-corrected chi connectivity index (χ4v) is 14.2. The van der Waals surface area contributed by atoms with E-state index < -0.39 is 97.5 Å². The molecule has 0 saturated carbocycles. The molecule has 0 rings (SSSR count). The van der Waals surface area contributed by atoms with Gasteiger partial charge in [0.05, 0.1) is 26.4 Å². The Balaban J connectivity index is 5.10. The lowest BCUT2D eigenvalue weighted by Crippen LogP contribution is -2.30. The number of hydrogen-bond acceptors (Lipinski definition) is 15. The largest absolute Gasteiger partial charge is 0.472 e. The summed E-state index contributed by atoms with van der Waals surface area (Å²) in [7, 11) is -9.90. The summed E-state index contributed by atoms with van der Waals surface area (Å²) in [5.74, 6) is -2.12. The van der Waals surface area contributed by atoms with Crippen molar-refractivity contribution in [2.45, 2.75) is 457 Å². The van der Waals surface area contributed by atoms with E-state index in [0.717, 1.165) is 96.3 Å². The number of unbranched alkanes of at least 4 members (excludes halogenated alkanes) is 56. The number of rotatable bonds is 82. The molecule has 0 fully saturated rings. The fraction of sp³-hybridized carbons (Fsp3) is 0.951. The molecule has 0 radical (unpaired) electrons. The molecule has 5 atom stereocenters. The van der Waals surface area contributed by atoms with E-state index in [1.165, 1.54) is 263 Å². The first kappa shape index (κ1) is 98.1. The monoisotopic (exact) mass is 1470 g/mol. The van der Waals surface area contributed by atoms with Gasteiger partial charge in [-0.1, -0.05) is 387 Å². The number of aliphatic hydroxyl groups is 1. The maximum Gasteiger partial charge on any atom is 0.472 e. The van der Waals surface area contributed by atoms with Crippen molar-refractivity contribution in [2.75, 3.05) is 39.6 Å². The maximum absolute atomic E-state index is 13.1. The zero-order valence-corrected chi connectivity index (χ0v) is 67.0. The molecule has 0 bridgehead atoms. The number of carbonyl (C=O) groups is 4. The van der Waals surface area contributed by atoms with E-state index >= 15 is 0 Å². The Hall–Kier alpha value is -1.94. The Morgan fingerprint density at radius 1 is 0.240 bits per heavy atom. The Kier molecular flexibility index (Phi) is 73.8. The second kappa shape index (κ2) is 75.3. The number of esters is 4. The van der Waals surface area contributed by atoms with E-state index in [0.29, 0.717) is 25.7 Å². The number of ether oxygens (including phenoxy) is 4.